The van der Waals surface area contributed by atoms with E-state index in [-0.39, 0.29) is 10.8 Å². The normalized spacial score (nSPS) is 19.1. The van der Waals surface area contributed by atoms with Crippen LogP contribution in [0.25, 0.3) is 0 Å². The molecule has 1 amide bonds. The molecule has 1 N–H and O–H groups in total. The number of rotatable bonds is 5. The Kier molecular flexibility index (Phi) is 5.00. The van der Waals surface area contributed by atoms with Gasteiger partial charge in [0.1, 0.15) is 5.01 Å². The third-order valence-electron chi connectivity index (χ3n) is 5.08. The second-order valence-corrected chi connectivity index (χ2v) is 10.2. The summed E-state index contributed by atoms with van der Waals surface area (Å²) in [5, 5.41) is 12.3. The van der Waals surface area contributed by atoms with Crippen LogP contribution in [-0.2, 0) is 10.0 Å². The number of aromatic nitrogens is 2. The number of nitrogens with zero attached hydrogens (tertiary/aromatic N) is 3. The number of nitrogens with one attached hydrogen (secondary N) is 1. The second-order valence-electron chi connectivity index (χ2n) is 7.28. The predicted octanol–water partition coefficient (Wildman–Crippen LogP) is 3.09. The monoisotopic (exact) mass is 406 g/mol. The van der Waals surface area contributed by atoms with Gasteiger partial charge in [-0.15, -0.1) is 10.2 Å². The van der Waals surface area contributed by atoms with Gasteiger partial charge in [-0.1, -0.05) is 18.3 Å². The number of anilines is 1. The molecule has 0 spiro atoms. The van der Waals surface area contributed by atoms with Crippen LogP contribution in [0.1, 0.15) is 53.9 Å². The van der Waals surface area contributed by atoms with Crippen LogP contribution in [0.3, 0.4) is 0 Å². The standard InChI is InChI=1S/C18H22N4O3S2/c1-12-8-10-22(11-9-12)27(24,25)15-6-4-13(5-7-15)16(23)19-18-21-20-17(26-18)14-2-3-14/h4-7,12,14H,2-3,8-11H2,1H3,(H,19,21,23). The molecular weight excluding hydrogens is 384 g/mol. The fourth-order valence-electron chi connectivity index (χ4n) is 3.10. The van der Waals surface area contributed by atoms with Crippen molar-refractivity contribution in [2.24, 2.45) is 5.92 Å². The SMILES string of the molecule is CC1CCN(S(=O)(=O)c2ccc(C(=O)Nc3nnc(C4CC4)s3)cc2)CC1. The van der Waals surface area contributed by atoms with Crippen molar-refractivity contribution in [2.45, 2.75) is 43.4 Å². The maximum Gasteiger partial charge on any atom is 0.257 e. The molecule has 1 aliphatic carbocycles. The number of carbonyl (C=O) groups is 1. The first-order valence-corrected chi connectivity index (χ1v) is 11.4. The van der Waals surface area contributed by atoms with Gasteiger partial charge in [-0.05, 0) is 55.9 Å². The van der Waals surface area contributed by atoms with Crippen LogP contribution in [0.15, 0.2) is 29.2 Å². The summed E-state index contributed by atoms with van der Waals surface area (Å²) in [5.41, 5.74) is 0.393. The Bertz CT molecular complexity index is 928. The molecule has 1 aliphatic heterocycles. The molecule has 1 saturated heterocycles. The molecule has 7 nitrogen and oxygen atoms in total. The van der Waals surface area contributed by atoms with Crippen LogP contribution in [0.5, 0.6) is 0 Å². The van der Waals surface area contributed by atoms with Gasteiger partial charge in [-0.25, -0.2) is 8.42 Å². The van der Waals surface area contributed by atoms with Gasteiger partial charge in [0.05, 0.1) is 4.90 Å². The van der Waals surface area contributed by atoms with Crippen molar-refractivity contribution in [2.75, 3.05) is 18.4 Å². The Labute approximate surface area is 162 Å². The van der Waals surface area contributed by atoms with E-state index in [9.17, 15) is 13.2 Å². The third-order valence-corrected chi connectivity index (χ3v) is 8.00. The lowest BCUT2D eigenvalue weighted by Gasteiger charge is -2.29. The molecule has 0 bridgehead atoms. The Hall–Kier alpha value is -1.84. The summed E-state index contributed by atoms with van der Waals surface area (Å²) < 4.78 is 27.0. The van der Waals surface area contributed by atoms with Crippen molar-refractivity contribution >= 4 is 32.4 Å². The zero-order chi connectivity index (χ0) is 19.0. The summed E-state index contributed by atoms with van der Waals surface area (Å²) in [4.78, 5) is 12.6. The fraction of sp³-hybridized carbons (Fsp3) is 0.500. The van der Waals surface area contributed by atoms with Crippen LogP contribution >= 0.6 is 11.3 Å². The van der Waals surface area contributed by atoms with E-state index < -0.39 is 10.0 Å². The van der Waals surface area contributed by atoms with E-state index in [1.54, 1.807) is 0 Å². The highest BCUT2D eigenvalue weighted by atomic mass is 32.2. The summed E-state index contributed by atoms with van der Waals surface area (Å²) in [6.07, 6.45) is 4.03. The molecule has 144 valence electrons. The highest BCUT2D eigenvalue weighted by Crippen LogP contribution is 2.42. The lowest BCUT2D eigenvalue weighted by Crippen LogP contribution is -2.37. The van der Waals surface area contributed by atoms with E-state index in [0.29, 0.717) is 35.6 Å². The lowest BCUT2D eigenvalue weighted by molar-refractivity contribution is 0.102. The van der Waals surface area contributed by atoms with Crippen molar-refractivity contribution in [1.29, 1.82) is 0 Å². The van der Waals surface area contributed by atoms with E-state index >= 15 is 0 Å². The minimum absolute atomic E-state index is 0.223. The average molecular weight is 407 g/mol. The minimum Gasteiger partial charge on any atom is -0.296 e. The Morgan fingerprint density at radius 3 is 2.41 bits per heavy atom. The topological polar surface area (TPSA) is 92.3 Å². The molecule has 2 heterocycles. The van der Waals surface area contributed by atoms with E-state index in [4.69, 9.17) is 0 Å². The maximum atomic E-state index is 12.7. The van der Waals surface area contributed by atoms with Crippen LogP contribution in [0.2, 0.25) is 0 Å². The van der Waals surface area contributed by atoms with Gasteiger partial charge in [-0.2, -0.15) is 4.31 Å². The highest BCUT2D eigenvalue weighted by Gasteiger charge is 2.29. The van der Waals surface area contributed by atoms with Gasteiger partial charge in [0, 0.05) is 24.6 Å². The van der Waals surface area contributed by atoms with Crippen LogP contribution < -0.4 is 5.32 Å². The van der Waals surface area contributed by atoms with E-state index in [1.807, 2.05) is 0 Å². The van der Waals surface area contributed by atoms with Gasteiger partial charge in [-0.3, -0.25) is 10.1 Å². The van der Waals surface area contributed by atoms with E-state index in [2.05, 4.69) is 22.4 Å². The van der Waals surface area contributed by atoms with Crippen molar-refractivity contribution in [3.05, 3.63) is 34.8 Å². The Balaban J connectivity index is 1.43. The summed E-state index contributed by atoms with van der Waals surface area (Å²) in [6, 6.07) is 6.07. The smallest absolute Gasteiger partial charge is 0.257 e. The molecule has 2 aliphatic rings. The lowest BCUT2D eigenvalue weighted by atomic mass is 10.0. The largest absolute Gasteiger partial charge is 0.296 e. The molecule has 2 aromatic rings. The highest BCUT2D eigenvalue weighted by molar-refractivity contribution is 7.89. The second kappa shape index (κ2) is 7.29. The summed E-state index contributed by atoms with van der Waals surface area (Å²) in [7, 11) is -3.50. The van der Waals surface area contributed by atoms with Gasteiger partial charge in [0.25, 0.3) is 5.91 Å². The number of hydrogen-bond acceptors (Lipinski definition) is 6. The molecule has 27 heavy (non-hydrogen) atoms. The quantitative estimate of drug-likeness (QED) is 0.824. The molecule has 0 unspecified atom stereocenters. The number of amides is 1. The molecule has 1 aromatic carbocycles. The van der Waals surface area contributed by atoms with Crippen LogP contribution in [0, 0.1) is 5.92 Å². The van der Waals surface area contributed by atoms with Crippen LogP contribution in [0.4, 0.5) is 5.13 Å². The van der Waals surface area contributed by atoms with Crippen molar-refractivity contribution < 1.29 is 13.2 Å². The number of piperidine rings is 1. The first-order valence-electron chi connectivity index (χ1n) is 9.18. The molecule has 4 rings (SSSR count). The minimum atomic E-state index is -3.50. The third kappa shape index (κ3) is 4.04. The van der Waals surface area contributed by atoms with E-state index in [1.165, 1.54) is 39.9 Å². The van der Waals surface area contributed by atoms with Gasteiger partial charge >= 0.3 is 0 Å². The molecule has 0 radical (unpaired) electrons. The molecule has 1 saturated carbocycles. The molecule has 0 atom stereocenters. The van der Waals surface area contributed by atoms with Crippen molar-refractivity contribution in [1.82, 2.24) is 14.5 Å². The predicted molar refractivity (Wildman–Crippen MR) is 103 cm³/mol. The van der Waals surface area contributed by atoms with Gasteiger partial charge in [0.15, 0.2) is 0 Å². The van der Waals surface area contributed by atoms with Gasteiger partial charge in [0.2, 0.25) is 15.2 Å². The number of hydrogen-bond donors (Lipinski definition) is 1. The first-order chi connectivity index (χ1) is 12.9. The molecular formula is C18H22N4O3S2. The molecule has 1 aromatic heterocycles. The average Bonchev–Trinajstić information content (AvgIpc) is 3.42. The summed E-state index contributed by atoms with van der Waals surface area (Å²) >= 11 is 1.40. The Morgan fingerprint density at radius 2 is 1.78 bits per heavy atom. The number of carbonyl (C=O) groups excluding carboxylic acids is 1. The molecule has 9 heteroatoms. The number of sulfonamides is 1. The van der Waals surface area contributed by atoms with Crippen molar-refractivity contribution in [3.8, 4) is 0 Å². The van der Waals surface area contributed by atoms with Crippen LogP contribution in [-0.4, -0.2) is 41.9 Å². The summed E-state index contributed by atoms with van der Waals surface area (Å²) in [5.74, 6) is 0.739. The van der Waals surface area contributed by atoms with Gasteiger partial charge < -0.3 is 0 Å². The maximum absolute atomic E-state index is 12.7. The zero-order valence-electron chi connectivity index (χ0n) is 15.1. The molecule has 2 fully saturated rings. The first kappa shape index (κ1) is 18.5. The Morgan fingerprint density at radius 1 is 1.11 bits per heavy atom. The zero-order valence-corrected chi connectivity index (χ0v) is 16.7. The number of benzene rings is 1. The van der Waals surface area contributed by atoms with E-state index in [0.717, 1.165) is 30.7 Å². The van der Waals surface area contributed by atoms with Crippen molar-refractivity contribution in [3.63, 3.8) is 0 Å². The summed E-state index contributed by atoms with van der Waals surface area (Å²) in [6.45, 7) is 3.24. The fourth-order valence-corrected chi connectivity index (χ4v) is 5.48.